The maximum Gasteiger partial charge on any atom is 0.415 e. The van der Waals surface area contributed by atoms with Gasteiger partial charge in [0.15, 0.2) is 5.60 Å². The van der Waals surface area contributed by atoms with Gasteiger partial charge in [-0.3, -0.25) is 9.69 Å². The van der Waals surface area contributed by atoms with Crippen LogP contribution < -0.4 is 9.80 Å². The molecule has 0 saturated carbocycles. The number of carbonyl (C=O) groups excluding carboxylic acids is 2. The molecule has 1 aromatic rings. The lowest BCUT2D eigenvalue weighted by Gasteiger charge is -2.29. The van der Waals surface area contributed by atoms with Gasteiger partial charge in [-0.05, 0) is 18.2 Å². The summed E-state index contributed by atoms with van der Waals surface area (Å²) in [5.74, 6) is -0.396. The Hall–Kier alpha value is -2.35. The molecule has 1 atom stereocenters. The van der Waals surface area contributed by atoms with Gasteiger partial charge in [-0.2, -0.15) is 0 Å². The number of rotatable bonds is 2. The standard InChI is InChI=1S/C18H22FN3O4/c1-13(23)21-5-4-18(11-21)12-22(17(24)26-18)14-2-3-16(15(19)10-14)20-6-8-25-9-7-20/h2-3,10H,4-9,11-12H2,1H3. The fourth-order valence-corrected chi connectivity index (χ4v) is 3.87. The molecule has 8 heteroatoms. The molecule has 0 aromatic heterocycles. The maximum absolute atomic E-state index is 14.6. The lowest BCUT2D eigenvalue weighted by molar-refractivity contribution is -0.128. The van der Waals surface area contributed by atoms with Gasteiger partial charge in [0.2, 0.25) is 5.91 Å². The van der Waals surface area contributed by atoms with Crippen LogP contribution in [-0.4, -0.2) is 68.4 Å². The van der Waals surface area contributed by atoms with Gasteiger partial charge in [-0.25, -0.2) is 9.18 Å². The van der Waals surface area contributed by atoms with E-state index in [-0.39, 0.29) is 11.7 Å². The number of morpholine rings is 1. The summed E-state index contributed by atoms with van der Waals surface area (Å²) in [4.78, 5) is 29.0. The number of halogens is 1. The van der Waals surface area contributed by atoms with Crippen LogP contribution in [0.2, 0.25) is 0 Å². The monoisotopic (exact) mass is 363 g/mol. The molecule has 3 heterocycles. The molecule has 7 nitrogen and oxygen atoms in total. The number of likely N-dealkylation sites (tertiary alicyclic amines) is 1. The van der Waals surface area contributed by atoms with Gasteiger partial charge < -0.3 is 19.3 Å². The molecule has 140 valence electrons. The van der Waals surface area contributed by atoms with Crippen molar-refractivity contribution in [2.75, 3.05) is 55.7 Å². The van der Waals surface area contributed by atoms with E-state index in [0.717, 1.165) is 0 Å². The third kappa shape index (κ3) is 2.98. The van der Waals surface area contributed by atoms with Crippen LogP contribution in [0.4, 0.5) is 20.6 Å². The van der Waals surface area contributed by atoms with Crippen LogP contribution in [0.15, 0.2) is 18.2 Å². The van der Waals surface area contributed by atoms with Crippen molar-refractivity contribution in [3.05, 3.63) is 24.0 Å². The van der Waals surface area contributed by atoms with Crippen LogP contribution in [-0.2, 0) is 14.3 Å². The molecule has 0 radical (unpaired) electrons. The normalized spacial score (nSPS) is 25.9. The quantitative estimate of drug-likeness (QED) is 0.799. The van der Waals surface area contributed by atoms with Crippen LogP contribution in [0.3, 0.4) is 0 Å². The molecule has 3 fully saturated rings. The van der Waals surface area contributed by atoms with Crippen molar-refractivity contribution in [1.82, 2.24) is 4.90 Å². The molecular formula is C18H22FN3O4. The highest BCUT2D eigenvalue weighted by Gasteiger charge is 2.50. The molecule has 2 amide bonds. The number of anilines is 2. The summed E-state index contributed by atoms with van der Waals surface area (Å²) in [5.41, 5.74) is 0.299. The van der Waals surface area contributed by atoms with E-state index >= 15 is 0 Å². The number of hydrogen-bond acceptors (Lipinski definition) is 5. The van der Waals surface area contributed by atoms with Crippen molar-refractivity contribution in [1.29, 1.82) is 0 Å². The second kappa shape index (κ2) is 6.42. The molecule has 1 spiro atoms. The molecule has 0 aliphatic carbocycles. The average Bonchev–Trinajstić information content (AvgIpc) is 3.19. The zero-order valence-corrected chi connectivity index (χ0v) is 14.7. The molecule has 0 bridgehead atoms. The topological polar surface area (TPSA) is 62.3 Å². The number of amides is 2. The molecular weight excluding hydrogens is 341 g/mol. The Kier molecular flexibility index (Phi) is 4.22. The second-order valence-corrected chi connectivity index (χ2v) is 7.06. The Balaban J connectivity index is 1.52. The predicted octanol–water partition coefficient (Wildman–Crippen LogP) is 1.61. The van der Waals surface area contributed by atoms with Crippen LogP contribution in [0.1, 0.15) is 13.3 Å². The molecule has 1 unspecified atom stereocenters. The molecule has 1 aromatic carbocycles. The first-order valence-electron chi connectivity index (χ1n) is 8.86. The summed E-state index contributed by atoms with van der Waals surface area (Å²) in [7, 11) is 0. The highest BCUT2D eigenvalue weighted by Crippen LogP contribution is 2.36. The average molecular weight is 363 g/mol. The number of nitrogens with zero attached hydrogens (tertiary/aromatic N) is 3. The van der Waals surface area contributed by atoms with E-state index in [4.69, 9.17) is 9.47 Å². The summed E-state index contributed by atoms with van der Waals surface area (Å²) in [6.07, 6.45) is 0.109. The van der Waals surface area contributed by atoms with Crippen LogP contribution in [0.25, 0.3) is 0 Å². The third-order valence-electron chi connectivity index (χ3n) is 5.33. The number of benzene rings is 1. The largest absolute Gasteiger partial charge is 0.439 e. The van der Waals surface area contributed by atoms with Crippen LogP contribution in [0.5, 0.6) is 0 Å². The minimum absolute atomic E-state index is 0.0303. The second-order valence-electron chi connectivity index (χ2n) is 7.06. The zero-order valence-electron chi connectivity index (χ0n) is 14.7. The van der Waals surface area contributed by atoms with Crippen molar-refractivity contribution in [2.45, 2.75) is 18.9 Å². The van der Waals surface area contributed by atoms with E-state index in [1.165, 1.54) is 17.9 Å². The lowest BCUT2D eigenvalue weighted by Crippen LogP contribution is -2.39. The van der Waals surface area contributed by atoms with E-state index in [1.807, 2.05) is 4.90 Å². The summed E-state index contributed by atoms with van der Waals surface area (Å²) in [6, 6.07) is 4.82. The fraction of sp³-hybridized carbons (Fsp3) is 0.556. The first-order valence-corrected chi connectivity index (χ1v) is 8.86. The summed E-state index contributed by atoms with van der Waals surface area (Å²) in [6.45, 7) is 5.24. The Morgan fingerprint density at radius 3 is 2.62 bits per heavy atom. The first kappa shape index (κ1) is 17.1. The Morgan fingerprint density at radius 1 is 1.19 bits per heavy atom. The van der Waals surface area contributed by atoms with Crippen molar-refractivity contribution >= 4 is 23.4 Å². The number of ether oxygens (including phenoxy) is 2. The van der Waals surface area contributed by atoms with Crippen LogP contribution in [0, 0.1) is 5.82 Å². The molecule has 4 rings (SSSR count). The zero-order chi connectivity index (χ0) is 18.3. The molecule has 3 aliphatic rings. The van der Waals surface area contributed by atoms with Gasteiger partial charge >= 0.3 is 6.09 Å². The van der Waals surface area contributed by atoms with Crippen molar-refractivity contribution in [3.8, 4) is 0 Å². The van der Waals surface area contributed by atoms with Crippen LogP contribution >= 0.6 is 0 Å². The minimum Gasteiger partial charge on any atom is -0.439 e. The highest BCUT2D eigenvalue weighted by atomic mass is 19.1. The van der Waals surface area contributed by atoms with Gasteiger partial charge in [0, 0.05) is 33.0 Å². The van der Waals surface area contributed by atoms with Gasteiger partial charge in [0.05, 0.1) is 37.7 Å². The Labute approximate surface area is 151 Å². The van der Waals surface area contributed by atoms with E-state index < -0.39 is 11.7 Å². The van der Waals surface area contributed by atoms with Gasteiger partial charge in [-0.1, -0.05) is 0 Å². The van der Waals surface area contributed by atoms with Crippen molar-refractivity contribution < 1.29 is 23.5 Å². The molecule has 3 saturated heterocycles. The SMILES string of the molecule is CC(=O)N1CCC2(C1)CN(c1ccc(N3CCOCC3)c(F)c1)C(=O)O2. The van der Waals surface area contributed by atoms with Crippen molar-refractivity contribution in [3.63, 3.8) is 0 Å². The van der Waals surface area contributed by atoms with E-state index in [1.54, 1.807) is 17.0 Å². The highest BCUT2D eigenvalue weighted by molar-refractivity contribution is 5.91. The Morgan fingerprint density at radius 2 is 1.96 bits per heavy atom. The van der Waals surface area contributed by atoms with E-state index in [0.29, 0.717) is 63.7 Å². The van der Waals surface area contributed by atoms with Gasteiger partial charge in [0.25, 0.3) is 0 Å². The molecule has 26 heavy (non-hydrogen) atoms. The lowest BCUT2D eigenvalue weighted by atomic mass is 10.0. The number of carbonyl (C=O) groups is 2. The van der Waals surface area contributed by atoms with E-state index in [2.05, 4.69) is 0 Å². The third-order valence-corrected chi connectivity index (χ3v) is 5.33. The summed E-state index contributed by atoms with van der Waals surface area (Å²) >= 11 is 0. The predicted molar refractivity (Wildman–Crippen MR) is 92.9 cm³/mol. The van der Waals surface area contributed by atoms with Gasteiger partial charge in [0.1, 0.15) is 5.82 Å². The smallest absolute Gasteiger partial charge is 0.415 e. The minimum atomic E-state index is -0.692. The first-order chi connectivity index (χ1) is 12.5. The number of hydrogen-bond donors (Lipinski definition) is 0. The molecule has 0 N–H and O–H groups in total. The fourth-order valence-electron chi connectivity index (χ4n) is 3.87. The molecule has 3 aliphatic heterocycles. The van der Waals surface area contributed by atoms with E-state index in [9.17, 15) is 14.0 Å². The van der Waals surface area contributed by atoms with Crippen molar-refractivity contribution in [2.24, 2.45) is 0 Å². The summed E-state index contributed by atoms with van der Waals surface area (Å²) in [5, 5.41) is 0. The maximum atomic E-state index is 14.6. The van der Waals surface area contributed by atoms with Gasteiger partial charge in [-0.15, -0.1) is 0 Å². The Bertz CT molecular complexity index is 737. The summed E-state index contributed by atoms with van der Waals surface area (Å²) < 4.78 is 25.5.